The van der Waals surface area contributed by atoms with E-state index in [0.717, 1.165) is 17.1 Å². The van der Waals surface area contributed by atoms with Gasteiger partial charge in [0.25, 0.3) is 0 Å². The molecular formula is C56H44N2. The highest BCUT2D eigenvalue weighted by Gasteiger charge is 2.39. The molecule has 2 aliphatic rings. The van der Waals surface area contributed by atoms with Gasteiger partial charge >= 0.3 is 0 Å². The third kappa shape index (κ3) is 5.11. The lowest BCUT2D eigenvalue weighted by molar-refractivity contribution is 0.632. The monoisotopic (exact) mass is 744 g/mol. The fourth-order valence-corrected chi connectivity index (χ4v) is 10.0. The van der Waals surface area contributed by atoms with Crippen molar-refractivity contribution >= 4 is 55.7 Å². The number of fused-ring (bicyclic) bond motifs is 7. The van der Waals surface area contributed by atoms with Gasteiger partial charge in [0.2, 0.25) is 0 Å². The van der Waals surface area contributed by atoms with Crippen LogP contribution in [0.4, 0.5) is 34.1 Å². The molecule has 1 aliphatic carbocycles. The van der Waals surface area contributed by atoms with Gasteiger partial charge in [-0.25, -0.2) is 0 Å². The summed E-state index contributed by atoms with van der Waals surface area (Å²) >= 11 is 0. The minimum absolute atomic E-state index is 0.113. The predicted octanol–water partition coefficient (Wildman–Crippen LogP) is 15.5. The van der Waals surface area contributed by atoms with Gasteiger partial charge in [0, 0.05) is 38.8 Å². The summed E-state index contributed by atoms with van der Waals surface area (Å²) in [7, 11) is 0. The molecule has 0 aromatic heterocycles. The van der Waals surface area contributed by atoms with Crippen LogP contribution in [0.1, 0.15) is 49.9 Å². The Kier molecular flexibility index (Phi) is 7.59. The van der Waals surface area contributed by atoms with Crippen molar-refractivity contribution < 1.29 is 0 Å². The average molecular weight is 745 g/mol. The number of nitrogens with zero attached hydrogens (tertiary/aromatic N) is 2. The molecule has 0 N–H and O–H groups in total. The normalized spacial score (nSPS) is 14.4. The number of hydrogen-bond acceptors (Lipinski definition) is 2. The van der Waals surface area contributed by atoms with Crippen LogP contribution >= 0.6 is 0 Å². The Morgan fingerprint density at radius 1 is 0.362 bits per heavy atom. The van der Waals surface area contributed by atoms with Gasteiger partial charge in [-0.2, -0.15) is 0 Å². The number of anilines is 6. The molecular weight excluding hydrogens is 701 g/mol. The molecule has 11 rings (SSSR count). The second-order valence-electron chi connectivity index (χ2n) is 17.0. The minimum atomic E-state index is -0.240. The van der Waals surface area contributed by atoms with Crippen molar-refractivity contribution in [2.45, 2.75) is 38.5 Å². The quantitative estimate of drug-likeness (QED) is 0.173. The van der Waals surface area contributed by atoms with E-state index in [4.69, 9.17) is 0 Å². The Labute approximate surface area is 341 Å². The first-order valence-electron chi connectivity index (χ1n) is 20.4. The summed E-state index contributed by atoms with van der Waals surface area (Å²) in [6.07, 6.45) is 0. The smallest absolute Gasteiger partial charge is 0.0618 e. The van der Waals surface area contributed by atoms with Gasteiger partial charge in [-0.05, 0) is 104 Å². The second kappa shape index (κ2) is 12.8. The Morgan fingerprint density at radius 3 is 1.79 bits per heavy atom. The fraction of sp³-hybridized carbons (Fsp3) is 0.107. The molecule has 2 heteroatoms. The predicted molar refractivity (Wildman–Crippen MR) is 246 cm³/mol. The topological polar surface area (TPSA) is 6.48 Å². The van der Waals surface area contributed by atoms with Crippen LogP contribution in [0.25, 0.3) is 43.8 Å². The zero-order valence-electron chi connectivity index (χ0n) is 33.4. The lowest BCUT2D eigenvalue weighted by atomic mass is 9.73. The van der Waals surface area contributed by atoms with Crippen molar-refractivity contribution in [2.24, 2.45) is 0 Å². The largest absolute Gasteiger partial charge is 0.310 e. The molecule has 0 bridgehead atoms. The van der Waals surface area contributed by atoms with Gasteiger partial charge in [-0.3, -0.25) is 0 Å². The van der Waals surface area contributed by atoms with Crippen molar-refractivity contribution in [2.75, 3.05) is 9.80 Å². The van der Waals surface area contributed by atoms with Crippen molar-refractivity contribution in [3.8, 4) is 22.3 Å². The van der Waals surface area contributed by atoms with Crippen molar-refractivity contribution in [1.29, 1.82) is 0 Å². The molecule has 0 radical (unpaired) electrons. The van der Waals surface area contributed by atoms with Gasteiger partial charge in [0.15, 0.2) is 0 Å². The molecule has 9 aromatic rings. The van der Waals surface area contributed by atoms with Crippen LogP contribution < -0.4 is 9.80 Å². The van der Waals surface area contributed by atoms with E-state index < -0.39 is 0 Å². The van der Waals surface area contributed by atoms with Gasteiger partial charge in [0.1, 0.15) is 0 Å². The summed E-state index contributed by atoms with van der Waals surface area (Å²) in [6.45, 7) is 9.48. The highest BCUT2D eigenvalue weighted by Crippen LogP contribution is 2.57. The lowest BCUT2D eigenvalue weighted by Crippen LogP contribution is -2.31. The molecule has 0 saturated heterocycles. The fourth-order valence-electron chi connectivity index (χ4n) is 10.0. The van der Waals surface area contributed by atoms with E-state index in [1.54, 1.807) is 0 Å². The zero-order chi connectivity index (χ0) is 39.2. The van der Waals surface area contributed by atoms with E-state index in [9.17, 15) is 0 Å². The molecule has 58 heavy (non-hydrogen) atoms. The highest BCUT2D eigenvalue weighted by molar-refractivity contribution is 6.08. The van der Waals surface area contributed by atoms with Crippen molar-refractivity contribution in [1.82, 2.24) is 0 Å². The van der Waals surface area contributed by atoms with Crippen LogP contribution in [-0.2, 0) is 10.8 Å². The number of benzene rings is 9. The molecule has 0 fully saturated rings. The summed E-state index contributed by atoms with van der Waals surface area (Å²) in [5.41, 5.74) is 17.0. The summed E-state index contributed by atoms with van der Waals surface area (Å²) in [5, 5.41) is 4.92. The van der Waals surface area contributed by atoms with E-state index >= 15 is 0 Å². The van der Waals surface area contributed by atoms with Crippen molar-refractivity contribution in [3.63, 3.8) is 0 Å². The first-order valence-corrected chi connectivity index (χ1v) is 20.4. The Balaban J connectivity index is 1.17. The Bertz CT molecular complexity index is 3080. The van der Waals surface area contributed by atoms with E-state index in [1.165, 1.54) is 83.1 Å². The number of hydrogen-bond donors (Lipinski definition) is 0. The van der Waals surface area contributed by atoms with E-state index in [0.29, 0.717) is 0 Å². The van der Waals surface area contributed by atoms with Crippen molar-refractivity contribution in [3.05, 3.63) is 216 Å². The highest BCUT2D eigenvalue weighted by atomic mass is 15.2. The molecule has 0 saturated carbocycles. The van der Waals surface area contributed by atoms with Gasteiger partial charge in [-0.15, -0.1) is 0 Å². The molecule has 0 atom stereocenters. The summed E-state index contributed by atoms with van der Waals surface area (Å²) in [6, 6.07) is 72.0. The maximum Gasteiger partial charge on any atom is 0.0618 e. The SMILES string of the molecule is CC1(C)c2ccccc2-c2ccc(N(c3ccccc3)c3ccc4c(c3)N(c3c(-c5ccc6ccccc6c5)ccc5ccccc35)c3ccccc3C4(C)C)cc21. The molecule has 9 aromatic carbocycles. The van der Waals surface area contributed by atoms with Crippen LogP contribution in [0.2, 0.25) is 0 Å². The first-order chi connectivity index (χ1) is 28.3. The van der Waals surface area contributed by atoms with Crippen LogP contribution in [-0.4, -0.2) is 0 Å². The van der Waals surface area contributed by atoms with E-state index in [1.807, 2.05) is 0 Å². The lowest BCUT2D eigenvalue weighted by Gasteiger charge is -2.43. The van der Waals surface area contributed by atoms with Gasteiger partial charge in [-0.1, -0.05) is 173 Å². The second-order valence-corrected chi connectivity index (χ2v) is 17.0. The summed E-state index contributed by atoms with van der Waals surface area (Å²) in [4.78, 5) is 5.01. The van der Waals surface area contributed by atoms with E-state index in [-0.39, 0.29) is 10.8 Å². The molecule has 278 valence electrons. The third-order valence-electron chi connectivity index (χ3n) is 13.0. The molecule has 2 nitrogen and oxygen atoms in total. The Hall–Kier alpha value is -6.90. The molecule has 0 amide bonds. The van der Waals surface area contributed by atoms with Crippen LogP contribution in [0, 0.1) is 0 Å². The average Bonchev–Trinajstić information content (AvgIpc) is 3.49. The maximum absolute atomic E-state index is 2.57. The molecule has 0 unspecified atom stereocenters. The summed E-state index contributed by atoms with van der Waals surface area (Å²) in [5.74, 6) is 0. The third-order valence-corrected chi connectivity index (χ3v) is 13.0. The Morgan fingerprint density at radius 2 is 0.948 bits per heavy atom. The van der Waals surface area contributed by atoms with E-state index in [2.05, 4.69) is 232 Å². The number of rotatable bonds is 5. The molecule has 0 spiro atoms. The van der Waals surface area contributed by atoms with Crippen LogP contribution in [0.3, 0.4) is 0 Å². The van der Waals surface area contributed by atoms with Gasteiger partial charge in [0.05, 0.1) is 17.1 Å². The standard InChI is InChI=1S/C56H44N2/c1-55(2)48-23-13-12-22-46(48)47-32-29-42(35-51(47)55)57(41-19-6-5-7-20-41)43-30-33-50-53(36-43)58(52-25-15-14-24-49(52)56(50,3)4)54-44-21-11-10-17-38(44)28-31-45(54)40-27-26-37-16-8-9-18-39(37)34-40/h5-36H,1-4H3. The minimum Gasteiger partial charge on any atom is -0.310 e. The van der Waals surface area contributed by atoms with Crippen LogP contribution in [0.15, 0.2) is 194 Å². The maximum atomic E-state index is 2.57. The van der Waals surface area contributed by atoms with Gasteiger partial charge < -0.3 is 9.80 Å². The first kappa shape index (κ1) is 34.4. The molecule has 1 heterocycles. The zero-order valence-corrected chi connectivity index (χ0v) is 33.4. The number of para-hydroxylation sites is 2. The molecule has 1 aliphatic heterocycles. The summed E-state index contributed by atoms with van der Waals surface area (Å²) < 4.78 is 0. The van der Waals surface area contributed by atoms with Crippen LogP contribution in [0.5, 0.6) is 0 Å².